The first-order valence-electron chi connectivity index (χ1n) is 7.42. The van der Waals surface area contributed by atoms with E-state index in [1.54, 1.807) is 6.07 Å². The van der Waals surface area contributed by atoms with Crippen LogP contribution in [-0.2, 0) is 6.42 Å². The molecule has 3 heteroatoms. The highest BCUT2D eigenvalue weighted by Gasteiger charge is 2.15. The molecule has 21 heavy (non-hydrogen) atoms. The monoisotopic (exact) mass is 285 g/mol. The molecule has 0 aromatic heterocycles. The summed E-state index contributed by atoms with van der Waals surface area (Å²) in [5.41, 5.74) is 4.32. The van der Waals surface area contributed by atoms with Crippen LogP contribution in [0.5, 0.6) is 5.75 Å². The van der Waals surface area contributed by atoms with E-state index in [1.165, 1.54) is 11.6 Å². The molecule has 0 bridgehead atoms. The van der Waals surface area contributed by atoms with Gasteiger partial charge in [0.05, 0.1) is 6.61 Å². The van der Waals surface area contributed by atoms with Gasteiger partial charge in [-0.3, -0.25) is 0 Å². The fourth-order valence-corrected chi connectivity index (χ4v) is 2.84. The summed E-state index contributed by atoms with van der Waals surface area (Å²) in [5, 5.41) is 3.23. The van der Waals surface area contributed by atoms with Gasteiger partial charge in [0, 0.05) is 6.04 Å². The summed E-state index contributed by atoms with van der Waals surface area (Å²) in [7, 11) is 1.92. The van der Waals surface area contributed by atoms with E-state index in [4.69, 9.17) is 4.74 Å². The van der Waals surface area contributed by atoms with Crippen LogP contribution in [0.2, 0.25) is 0 Å². The molecule has 0 saturated heterocycles. The smallest absolute Gasteiger partial charge is 0.123 e. The molecule has 2 nitrogen and oxygen atoms in total. The number of halogens is 1. The summed E-state index contributed by atoms with van der Waals surface area (Å²) in [6.07, 6.45) is 2.06. The Morgan fingerprint density at radius 1 is 1.19 bits per heavy atom. The van der Waals surface area contributed by atoms with Gasteiger partial charge in [-0.1, -0.05) is 12.1 Å². The van der Waals surface area contributed by atoms with Gasteiger partial charge in [-0.25, -0.2) is 4.39 Å². The lowest BCUT2D eigenvalue weighted by molar-refractivity contribution is 0.288. The van der Waals surface area contributed by atoms with Crippen molar-refractivity contribution in [1.29, 1.82) is 0 Å². The van der Waals surface area contributed by atoms with Gasteiger partial charge >= 0.3 is 0 Å². The van der Waals surface area contributed by atoms with E-state index in [1.807, 2.05) is 25.2 Å². The van der Waals surface area contributed by atoms with Crippen molar-refractivity contribution < 1.29 is 9.13 Å². The van der Waals surface area contributed by atoms with Gasteiger partial charge in [-0.05, 0) is 73.3 Å². The summed E-state index contributed by atoms with van der Waals surface area (Å²) in [6, 6.07) is 11.3. The first-order chi connectivity index (χ1) is 10.2. The molecule has 1 unspecified atom stereocenters. The summed E-state index contributed by atoms with van der Waals surface area (Å²) >= 11 is 0. The Labute approximate surface area is 125 Å². The van der Waals surface area contributed by atoms with Crippen LogP contribution in [0.1, 0.15) is 30.5 Å². The zero-order valence-electron chi connectivity index (χ0n) is 12.4. The number of rotatable bonds is 3. The van der Waals surface area contributed by atoms with Crippen molar-refractivity contribution in [3.05, 3.63) is 53.3 Å². The van der Waals surface area contributed by atoms with Crippen molar-refractivity contribution in [1.82, 2.24) is 5.32 Å². The first kappa shape index (κ1) is 14.1. The second kappa shape index (κ2) is 5.86. The van der Waals surface area contributed by atoms with Crippen molar-refractivity contribution >= 4 is 0 Å². The van der Waals surface area contributed by atoms with E-state index in [2.05, 4.69) is 18.3 Å². The van der Waals surface area contributed by atoms with Crippen LogP contribution in [0.15, 0.2) is 36.4 Å². The first-order valence-corrected chi connectivity index (χ1v) is 7.42. The Balaban J connectivity index is 2.09. The van der Waals surface area contributed by atoms with E-state index in [-0.39, 0.29) is 11.9 Å². The van der Waals surface area contributed by atoms with Crippen LogP contribution in [0.25, 0.3) is 11.1 Å². The fraction of sp³-hybridized carbons (Fsp3) is 0.333. The summed E-state index contributed by atoms with van der Waals surface area (Å²) in [4.78, 5) is 0. The lowest BCUT2D eigenvalue weighted by Crippen LogP contribution is -2.13. The van der Waals surface area contributed by atoms with Crippen LogP contribution in [0.3, 0.4) is 0 Å². The highest BCUT2D eigenvalue weighted by Crippen LogP contribution is 2.34. The number of nitrogens with one attached hydrogen (secondary N) is 1. The normalized spacial score (nSPS) is 15.2. The Hall–Kier alpha value is -1.87. The fourth-order valence-electron chi connectivity index (χ4n) is 2.84. The number of aryl methyl sites for hydroxylation is 1. The molecule has 1 heterocycles. The van der Waals surface area contributed by atoms with Crippen LogP contribution in [0.4, 0.5) is 4.39 Å². The van der Waals surface area contributed by atoms with Crippen molar-refractivity contribution in [3.63, 3.8) is 0 Å². The predicted octanol–water partition coefficient (Wildman–Crippen LogP) is 4.10. The van der Waals surface area contributed by atoms with E-state index in [9.17, 15) is 4.39 Å². The third-order valence-corrected chi connectivity index (χ3v) is 4.13. The van der Waals surface area contributed by atoms with Gasteiger partial charge in [-0.15, -0.1) is 0 Å². The quantitative estimate of drug-likeness (QED) is 0.916. The lowest BCUT2D eigenvalue weighted by Gasteiger charge is -2.20. The summed E-state index contributed by atoms with van der Waals surface area (Å²) in [5.74, 6) is 0.760. The third kappa shape index (κ3) is 2.79. The standard InChI is InChI=1S/C18H20FNO/c1-12(20-2)16-7-6-15(19)11-17(16)13-5-8-18-14(10-13)4-3-9-21-18/h5-8,10-12,20H,3-4,9H2,1-2H3. The number of fused-ring (bicyclic) bond motifs is 1. The largest absolute Gasteiger partial charge is 0.493 e. The Bertz CT molecular complexity index is 654. The molecule has 0 amide bonds. The number of hydrogen-bond donors (Lipinski definition) is 1. The lowest BCUT2D eigenvalue weighted by atomic mass is 9.93. The zero-order valence-corrected chi connectivity index (χ0v) is 12.4. The Kier molecular flexibility index (Phi) is 3.93. The molecule has 0 fully saturated rings. The van der Waals surface area contributed by atoms with Crippen molar-refractivity contribution in [2.24, 2.45) is 0 Å². The van der Waals surface area contributed by atoms with Crippen molar-refractivity contribution in [2.45, 2.75) is 25.8 Å². The topological polar surface area (TPSA) is 21.3 Å². The maximum absolute atomic E-state index is 13.7. The highest BCUT2D eigenvalue weighted by molar-refractivity contribution is 5.70. The predicted molar refractivity (Wildman–Crippen MR) is 83.1 cm³/mol. The second-order valence-electron chi connectivity index (χ2n) is 5.52. The number of benzene rings is 2. The minimum atomic E-state index is -0.203. The molecular formula is C18H20FNO. The van der Waals surface area contributed by atoms with Crippen molar-refractivity contribution in [3.8, 4) is 16.9 Å². The Morgan fingerprint density at radius 2 is 2.05 bits per heavy atom. The molecule has 3 rings (SSSR count). The minimum Gasteiger partial charge on any atom is -0.493 e. The van der Waals surface area contributed by atoms with E-state index >= 15 is 0 Å². The maximum atomic E-state index is 13.7. The van der Waals surface area contributed by atoms with Gasteiger partial charge in [0.25, 0.3) is 0 Å². The molecular weight excluding hydrogens is 265 g/mol. The average molecular weight is 285 g/mol. The minimum absolute atomic E-state index is 0.174. The Morgan fingerprint density at radius 3 is 2.86 bits per heavy atom. The molecule has 0 radical (unpaired) electrons. The average Bonchev–Trinajstić information content (AvgIpc) is 2.53. The van der Waals surface area contributed by atoms with Crippen molar-refractivity contribution in [2.75, 3.05) is 13.7 Å². The van der Waals surface area contributed by atoms with Gasteiger partial charge in [0.2, 0.25) is 0 Å². The molecule has 0 saturated carbocycles. The van der Waals surface area contributed by atoms with E-state index in [0.29, 0.717) is 0 Å². The summed E-state index contributed by atoms with van der Waals surface area (Å²) in [6.45, 7) is 2.87. The molecule has 110 valence electrons. The van der Waals surface area contributed by atoms with Crippen LogP contribution in [0, 0.1) is 5.82 Å². The third-order valence-electron chi connectivity index (χ3n) is 4.13. The maximum Gasteiger partial charge on any atom is 0.123 e. The van der Waals surface area contributed by atoms with Crippen LogP contribution < -0.4 is 10.1 Å². The van der Waals surface area contributed by atoms with E-state index in [0.717, 1.165) is 41.9 Å². The SMILES string of the molecule is CNC(C)c1ccc(F)cc1-c1ccc2c(c1)CCCO2. The number of hydrogen-bond acceptors (Lipinski definition) is 2. The van der Waals surface area contributed by atoms with Gasteiger partial charge in [-0.2, -0.15) is 0 Å². The van der Waals surface area contributed by atoms with E-state index < -0.39 is 0 Å². The highest BCUT2D eigenvalue weighted by atomic mass is 19.1. The summed E-state index contributed by atoms with van der Waals surface area (Å²) < 4.78 is 19.3. The van der Waals surface area contributed by atoms with Gasteiger partial charge in [0.1, 0.15) is 11.6 Å². The van der Waals surface area contributed by atoms with Gasteiger partial charge in [0.15, 0.2) is 0 Å². The number of ether oxygens (including phenoxy) is 1. The molecule has 1 aliphatic rings. The second-order valence-corrected chi connectivity index (χ2v) is 5.52. The molecule has 0 aliphatic carbocycles. The van der Waals surface area contributed by atoms with Crippen LogP contribution >= 0.6 is 0 Å². The molecule has 1 N–H and O–H groups in total. The molecule has 1 aliphatic heterocycles. The van der Waals surface area contributed by atoms with Crippen LogP contribution in [-0.4, -0.2) is 13.7 Å². The molecule has 2 aromatic rings. The molecule has 1 atom stereocenters. The molecule has 2 aromatic carbocycles. The molecule has 0 spiro atoms. The zero-order chi connectivity index (χ0) is 14.8. The van der Waals surface area contributed by atoms with Gasteiger partial charge < -0.3 is 10.1 Å².